The zero-order valence-corrected chi connectivity index (χ0v) is 13.8. The largest absolute Gasteiger partial charge is 0.424 e. The van der Waals surface area contributed by atoms with Gasteiger partial charge in [-0.05, 0) is 51.1 Å². The van der Waals surface area contributed by atoms with Crippen molar-refractivity contribution in [2.24, 2.45) is 5.92 Å². The Morgan fingerprint density at radius 1 is 1.38 bits per heavy atom. The Morgan fingerprint density at radius 3 is 2.75 bits per heavy atom. The number of hydrogen-bond donors (Lipinski definition) is 1. The third kappa shape index (κ3) is 3.79. The van der Waals surface area contributed by atoms with Crippen molar-refractivity contribution in [1.82, 2.24) is 15.1 Å². The molecule has 2 aromatic rings. The van der Waals surface area contributed by atoms with Gasteiger partial charge in [-0.3, -0.25) is 9.69 Å². The zero-order valence-electron chi connectivity index (χ0n) is 13.8. The van der Waals surface area contributed by atoms with Gasteiger partial charge in [0.25, 0.3) is 0 Å². The smallest absolute Gasteiger partial charge is 0.233 e. The van der Waals surface area contributed by atoms with Gasteiger partial charge in [-0.1, -0.05) is 6.07 Å². The van der Waals surface area contributed by atoms with Crippen LogP contribution in [0.1, 0.15) is 37.6 Å². The van der Waals surface area contributed by atoms with Crippen molar-refractivity contribution < 1.29 is 13.6 Å². The lowest BCUT2D eigenvalue weighted by Crippen LogP contribution is -2.39. The molecule has 1 fully saturated rings. The van der Waals surface area contributed by atoms with Gasteiger partial charge in [0, 0.05) is 18.5 Å². The summed E-state index contributed by atoms with van der Waals surface area (Å²) in [4.78, 5) is 14.6. The Hall–Kier alpha value is -2.28. The van der Waals surface area contributed by atoms with Gasteiger partial charge < -0.3 is 9.73 Å². The predicted octanol–water partition coefficient (Wildman–Crippen LogP) is 2.93. The molecule has 0 unspecified atom stereocenters. The molecule has 1 aliphatic heterocycles. The molecule has 0 bridgehead atoms. The zero-order chi connectivity index (χ0) is 17.1. The number of hydrogen-bond acceptors (Lipinski definition) is 5. The summed E-state index contributed by atoms with van der Waals surface area (Å²) in [5, 5.41) is 10.7. The third-order valence-corrected chi connectivity index (χ3v) is 4.44. The first-order valence-corrected chi connectivity index (χ1v) is 8.13. The summed E-state index contributed by atoms with van der Waals surface area (Å²) in [7, 11) is 0. The first-order chi connectivity index (χ1) is 11.5. The predicted molar refractivity (Wildman–Crippen MR) is 86.8 cm³/mol. The van der Waals surface area contributed by atoms with Crippen molar-refractivity contribution >= 4 is 11.6 Å². The number of carbonyl (C=O) groups is 1. The Labute approximate surface area is 140 Å². The minimum absolute atomic E-state index is 0.0402. The molecule has 0 radical (unpaired) electrons. The molecule has 24 heavy (non-hydrogen) atoms. The van der Waals surface area contributed by atoms with Gasteiger partial charge in [0.15, 0.2) is 0 Å². The van der Waals surface area contributed by atoms with Crippen LogP contribution in [0.15, 0.2) is 28.7 Å². The molecule has 0 aliphatic carbocycles. The first-order valence-electron chi connectivity index (χ1n) is 8.13. The van der Waals surface area contributed by atoms with E-state index in [2.05, 4.69) is 20.4 Å². The van der Waals surface area contributed by atoms with Crippen LogP contribution in [-0.2, 0) is 4.79 Å². The number of halogens is 1. The van der Waals surface area contributed by atoms with Gasteiger partial charge in [0.1, 0.15) is 5.82 Å². The lowest BCUT2D eigenvalue weighted by atomic mass is 9.95. The second-order valence-corrected chi connectivity index (χ2v) is 6.15. The molecule has 1 saturated heterocycles. The summed E-state index contributed by atoms with van der Waals surface area (Å²) >= 11 is 0. The van der Waals surface area contributed by atoms with Crippen LogP contribution >= 0.6 is 0 Å². The topological polar surface area (TPSA) is 71.3 Å². The van der Waals surface area contributed by atoms with E-state index in [1.54, 1.807) is 19.1 Å². The fourth-order valence-electron chi connectivity index (χ4n) is 3.00. The quantitative estimate of drug-likeness (QED) is 0.932. The second kappa shape index (κ2) is 7.09. The van der Waals surface area contributed by atoms with Gasteiger partial charge in [-0.15, -0.1) is 10.2 Å². The van der Waals surface area contributed by atoms with E-state index in [0.29, 0.717) is 17.5 Å². The van der Waals surface area contributed by atoms with E-state index < -0.39 is 0 Å². The summed E-state index contributed by atoms with van der Waals surface area (Å²) in [6.07, 6.45) is 1.50. The fraction of sp³-hybridized carbons (Fsp3) is 0.471. The highest BCUT2D eigenvalue weighted by Gasteiger charge is 2.29. The van der Waals surface area contributed by atoms with E-state index in [9.17, 15) is 9.18 Å². The Morgan fingerprint density at radius 2 is 2.12 bits per heavy atom. The van der Waals surface area contributed by atoms with Crippen LogP contribution in [0.2, 0.25) is 0 Å². The highest BCUT2D eigenvalue weighted by molar-refractivity contribution is 5.92. The molecule has 7 heteroatoms. The molecule has 0 spiro atoms. The monoisotopic (exact) mass is 332 g/mol. The molecule has 3 rings (SSSR count). The SMILES string of the molecule is Cc1nnc([C@H](C)N2CCC(C(=O)Nc3cccc(F)c3)CC2)o1. The number of rotatable bonds is 4. The number of aryl methyl sites for hydroxylation is 1. The fourth-order valence-corrected chi connectivity index (χ4v) is 3.00. The number of anilines is 1. The Balaban J connectivity index is 1.53. The van der Waals surface area contributed by atoms with Crippen LogP contribution in [0, 0.1) is 18.7 Å². The number of likely N-dealkylation sites (tertiary alicyclic amines) is 1. The van der Waals surface area contributed by atoms with Gasteiger partial charge >= 0.3 is 0 Å². The van der Waals surface area contributed by atoms with Crippen molar-refractivity contribution in [2.75, 3.05) is 18.4 Å². The maximum atomic E-state index is 13.2. The van der Waals surface area contributed by atoms with Gasteiger partial charge in [0.05, 0.1) is 6.04 Å². The summed E-state index contributed by atoms with van der Waals surface area (Å²) in [5.41, 5.74) is 0.497. The van der Waals surface area contributed by atoms with E-state index in [1.165, 1.54) is 12.1 Å². The van der Waals surface area contributed by atoms with Crippen molar-refractivity contribution in [1.29, 1.82) is 0 Å². The molecule has 1 amide bonds. The molecule has 1 atom stereocenters. The van der Waals surface area contributed by atoms with Gasteiger partial charge in [-0.2, -0.15) is 0 Å². The lowest BCUT2D eigenvalue weighted by Gasteiger charge is -2.33. The summed E-state index contributed by atoms with van der Waals surface area (Å²) in [5.74, 6) is 0.686. The van der Waals surface area contributed by atoms with Crippen LogP contribution in [0.4, 0.5) is 10.1 Å². The van der Waals surface area contributed by atoms with E-state index in [0.717, 1.165) is 25.9 Å². The maximum absolute atomic E-state index is 13.2. The molecule has 6 nitrogen and oxygen atoms in total. The van der Waals surface area contributed by atoms with E-state index in [1.807, 2.05) is 6.92 Å². The molecular formula is C17H21FN4O2. The van der Waals surface area contributed by atoms with Crippen molar-refractivity contribution in [2.45, 2.75) is 32.7 Å². The van der Waals surface area contributed by atoms with Gasteiger partial charge in [-0.25, -0.2) is 4.39 Å². The van der Waals surface area contributed by atoms with Crippen molar-refractivity contribution in [3.63, 3.8) is 0 Å². The third-order valence-electron chi connectivity index (χ3n) is 4.44. The number of benzene rings is 1. The average Bonchev–Trinajstić information content (AvgIpc) is 3.01. The van der Waals surface area contributed by atoms with Crippen LogP contribution in [-0.4, -0.2) is 34.1 Å². The lowest BCUT2D eigenvalue weighted by molar-refractivity contribution is -0.121. The molecule has 1 N–H and O–H groups in total. The second-order valence-electron chi connectivity index (χ2n) is 6.15. The maximum Gasteiger partial charge on any atom is 0.233 e. The van der Waals surface area contributed by atoms with Crippen LogP contribution in [0.5, 0.6) is 0 Å². The average molecular weight is 332 g/mol. The first kappa shape index (κ1) is 16.6. The molecule has 128 valence electrons. The van der Waals surface area contributed by atoms with Crippen LogP contribution in [0.25, 0.3) is 0 Å². The van der Waals surface area contributed by atoms with Crippen LogP contribution < -0.4 is 5.32 Å². The number of carbonyl (C=O) groups excluding carboxylic acids is 1. The number of nitrogens with zero attached hydrogens (tertiary/aromatic N) is 3. The molecule has 0 saturated carbocycles. The number of nitrogens with one attached hydrogen (secondary N) is 1. The Kier molecular flexibility index (Phi) is 4.89. The summed E-state index contributed by atoms with van der Waals surface area (Å²) in [6, 6.07) is 6.00. The standard InChI is InChI=1S/C17H21FN4O2/c1-11(17-21-20-12(2)24-17)22-8-6-13(7-9-22)16(23)19-15-5-3-4-14(18)10-15/h3-5,10-11,13H,6-9H2,1-2H3,(H,19,23)/t11-/m0/s1. The van der Waals surface area contributed by atoms with E-state index in [4.69, 9.17) is 4.42 Å². The minimum atomic E-state index is -0.355. The number of aromatic nitrogens is 2. The minimum Gasteiger partial charge on any atom is -0.424 e. The van der Waals surface area contributed by atoms with Crippen molar-refractivity contribution in [3.8, 4) is 0 Å². The molecule has 1 aromatic carbocycles. The summed E-state index contributed by atoms with van der Waals surface area (Å²) < 4.78 is 18.7. The molecule has 1 aliphatic rings. The molecular weight excluding hydrogens is 311 g/mol. The van der Waals surface area contributed by atoms with E-state index in [-0.39, 0.29) is 23.7 Å². The normalized spacial score (nSPS) is 17.6. The number of piperidine rings is 1. The summed E-state index contributed by atoms with van der Waals surface area (Å²) in [6.45, 7) is 5.36. The van der Waals surface area contributed by atoms with E-state index >= 15 is 0 Å². The van der Waals surface area contributed by atoms with Crippen molar-refractivity contribution in [3.05, 3.63) is 41.9 Å². The van der Waals surface area contributed by atoms with Crippen LogP contribution in [0.3, 0.4) is 0 Å². The molecule has 2 heterocycles. The number of amides is 1. The Bertz CT molecular complexity index is 710. The van der Waals surface area contributed by atoms with Gasteiger partial charge in [0.2, 0.25) is 17.7 Å². The highest BCUT2D eigenvalue weighted by Crippen LogP contribution is 2.26. The highest BCUT2D eigenvalue weighted by atomic mass is 19.1. The molecule has 1 aromatic heterocycles.